The zero-order valence-corrected chi connectivity index (χ0v) is 18.6. The lowest BCUT2D eigenvalue weighted by molar-refractivity contribution is -0.118. The van der Waals surface area contributed by atoms with E-state index in [0.29, 0.717) is 54.5 Å². The number of carbonyl (C=O) groups excluding carboxylic acids is 2. The highest BCUT2D eigenvalue weighted by molar-refractivity contribution is 6.11. The SMILES string of the molecule is C/C=C/c1ccc(OCC(=O)Nc2c(C(=O)N3CCOCC3)oc3ccccc23)c(OC)c1. The molecule has 0 radical (unpaired) electrons. The summed E-state index contributed by atoms with van der Waals surface area (Å²) in [5.74, 6) is 0.363. The molecule has 1 aromatic heterocycles. The molecule has 1 fully saturated rings. The van der Waals surface area contributed by atoms with Crippen LogP contribution in [0, 0.1) is 0 Å². The number of allylic oxidation sites excluding steroid dienone is 1. The molecule has 0 aliphatic carbocycles. The Kier molecular flexibility index (Phi) is 6.95. The molecule has 0 spiro atoms. The second-order valence-electron chi connectivity index (χ2n) is 7.45. The molecule has 4 rings (SSSR count). The fourth-order valence-corrected chi connectivity index (χ4v) is 3.65. The largest absolute Gasteiger partial charge is 0.493 e. The number of furan rings is 1. The number of benzene rings is 2. The zero-order chi connectivity index (χ0) is 23.2. The van der Waals surface area contributed by atoms with E-state index in [1.807, 2.05) is 43.3 Å². The Labute approximate surface area is 191 Å². The minimum atomic E-state index is -0.419. The van der Waals surface area contributed by atoms with Crippen LogP contribution in [-0.4, -0.2) is 56.7 Å². The molecule has 2 amide bonds. The highest BCUT2D eigenvalue weighted by Crippen LogP contribution is 2.32. The van der Waals surface area contributed by atoms with Gasteiger partial charge >= 0.3 is 0 Å². The van der Waals surface area contributed by atoms with E-state index in [4.69, 9.17) is 18.6 Å². The summed E-state index contributed by atoms with van der Waals surface area (Å²) in [4.78, 5) is 27.5. The van der Waals surface area contributed by atoms with Crippen LogP contribution in [0.1, 0.15) is 23.0 Å². The van der Waals surface area contributed by atoms with Gasteiger partial charge in [0.15, 0.2) is 18.1 Å². The van der Waals surface area contributed by atoms with E-state index >= 15 is 0 Å². The maximum atomic E-state index is 13.1. The number of rotatable bonds is 7. The first-order chi connectivity index (χ1) is 16.1. The molecule has 3 aromatic rings. The molecule has 1 N–H and O–H groups in total. The third-order valence-corrected chi connectivity index (χ3v) is 5.26. The molecule has 0 bridgehead atoms. The first-order valence-electron chi connectivity index (χ1n) is 10.7. The number of methoxy groups -OCH3 is 1. The monoisotopic (exact) mass is 450 g/mol. The van der Waals surface area contributed by atoms with Crippen LogP contribution in [0.25, 0.3) is 17.0 Å². The van der Waals surface area contributed by atoms with E-state index in [1.165, 1.54) is 0 Å². The van der Waals surface area contributed by atoms with Crippen molar-refractivity contribution in [1.29, 1.82) is 0 Å². The topological polar surface area (TPSA) is 90.2 Å². The molecule has 172 valence electrons. The Hall–Kier alpha value is -3.78. The number of carbonyl (C=O) groups is 2. The molecule has 1 aliphatic rings. The van der Waals surface area contributed by atoms with Gasteiger partial charge in [0.05, 0.1) is 20.3 Å². The van der Waals surface area contributed by atoms with Crippen molar-refractivity contribution < 1.29 is 28.2 Å². The van der Waals surface area contributed by atoms with Crippen molar-refractivity contribution in [2.45, 2.75) is 6.92 Å². The molecule has 2 heterocycles. The van der Waals surface area contributed by atoms with Crippen molar-refractivity contribution in [1.82, 2.24) is 4.90 Å². The van der Waals surface area contributed by atoms with Gasteiger partial charge in [0.2, 0.25) is 5.76 Å². The normalized spacial score (nSPS) is 13.9. The van der Waals surface area contributed by atoms with Crippen LogP contribution in [0.5, 0.6) is 11.5 Å². The van der Waals surface area contributed by atoms with Gasteiger partial charge in [0, 0.05) is 18.5 Å². The number of nitrogens with one attached hydrogen (secondary N) is 1. The van der Waals surface area contributed by atoms with Gasteiger partial charge in [-0.1, -0.05) is 30.4 Å². The lowest BCUT2D eigenvalue weighted by atomic mass is 10.2. The molecule has 0 saturated carbocycles. The molecule has 1 aliphatic heterocycles. The molecule has 2 aromatic carbocycles. The van der Waals surface area contributed by atoms with Crippen molar-refractivity contribution in [3.05, 3.63) is 59.9 Å². The van der Waals surface area contributed by atoms with Gasteiger partial charge in [-0.3, -0.25) is 9.59 Å². The van der Waals surface area contributed by atoms with E-state index < -0.39 is 5.91 Å². The number of anilines is 1. The van der Waals surface area contributed by atoms with Crippen molar-refractivity contribution in [3.8, 4) is 11.5 Å². The zero-order valence-electron chi connectivity index (χ0n) is 18.6. The summed E-state index contributed by atoms with van der Waals surface area (Å²) in [5, 5.41) is 3.45. The maximum Gasteiger partial charge on any atom is 0.291 e. The summed E-state index contributed by atoms with van der Waals surface area (Å²) in [6.45, 7) is 3.54. The van der Waals surface area contributed by atoms with Gasteiger partial charge < -0.3 is 28.8 Å². The summed E-state index contributed by atoms with van der Waals surface area (Å²) < 4.78 is 22.2. The Bertz CT molecular complexity index is 1180. The Morgan fingerprint density at radius 1 is 1.12 bits per heavy atom. The fraction of sp³-hybridized carbons (Fsp3) is 0.280. The molecule has 0 atom stereocenters. The summed E-state index contributed by atoms with van der Waals surface area (Å²) in [6, 6.07) is 12.6. The van der Waals surface area contributed by atoms with Gasteiger partial charge in [-0.25, -0.2) is 0 Å². The van der Waals surface area contributed by atoms with Crippen LogP contribution >= 0.6 is 0 Å². The summed E-state index contributed by atoms with van der Waals surface area (Å²) >= 11 is 0. The fourth-order valence-electron chi connectivity index (χ4n) is 3.65. The second-order valence-corrected chi connectivity index (χ2v) is 7.45. The van der Waals surface area contributed by atoms with Crippen LogP contribution in [0.2, 0.25) is 0 Å². The van der Waals surface area contributed by atoms with Gasteiger partial charge in [0.25, 0.3) is 11.8 Å². The quantitative estimate of drug-likeness (QED) is 0.586. The van der Waals surface area contributed by atoms with Crippen molar-refractivity contribution in [2.24, 2.45) is 0 Å². The predicted octanol–water partition coefficient (Wildman–Crippen LogP) is 3.96. The molecule has 1 saturated heterocycles. The van der Waals surface area contributed by atoms with Gasteiger partial charge in [0.1, 0.15) is 11.3 Å². The summed E-state index contributed by atoms with van der Waals surface area (Å²) in [7, 11) is 1.54. The first-order valence-corrected chi connectivity index (χ1v) is 10.7. The minimum absolute atomic E-state index is 0.0970. The number of morpholine rings is 1. The summed E-state index contributed by atoms with van der Waals surface area (Å²) in [5.41, 5.74) is 1.82. The smallest absolute Gasteiger partial charge is 0.291 e. The standard InChI is InChI=1S/C25H26N2O6/c1-3-6-17-9-10-20(21(15-17)30-2)32-16-22(28)26-23-18-7-4-5-8-19(18)33-24(23)25(29)27-11-13-31-14-12-27/h3-10,15H,11-14,16H2,1-2H3,(H,26,28)/b6-3+. The van der Waals surface area contributed by atoms with Crippen LogP contribution in [0.3, 0.4) is 0 Å². The number of amides is 2. The number of nitrogens with zero attached hydrogens (tertiary/aromatic N) is 1. The molecular weight excluding hydrogens is 424 g/mol. The van der Waals surface area contributed by atoms with E-state index in [2.05, 4.69) is 5.32 Å². The van der Waals surface area contributed by atoms with Crippen LogP contribution < -0.4 is 14.8 Å². The van der Waals surface area contributed by atoms with Crippen molar-refractivity contribution >= 4 is 34.5 Å². The number of ether oxygens (including phenoxy) is 3. The van der Waals surface area contributed by atoms with E-state index in [9.17, 15) is 9.59 Å². The van der Waals surface area contributed by atoms with Crippen molar-refractivity contribution in [2.75, 3.05) is 45.3 Å². The molecular formula is C25H26N2O6. The average molecular weight is 450 g/mol. The third kappa shape index (κ3) is 5.01. The summed E-state index contributed by atoms with van der Waals surface area (Å²) in [6.07, 6.45) is 3.86. The van der Waals surface area contributed by atoms with E-state index in [1.54, 1.807) is 30.2 Å². The number of hydrogen-bond acceptors (Lipinski definition) is 6. The number of hydrogen-bond donors (Lipinski definition) is 1. The minimum Gasteiger partial charge on any atom is -0.493 e. The predicted molar refractivity (Wildman–Crippen MR) is 125 cm³/mol. The molecule has 33 heavy (non-hydrogen) atoms. The highest BCUT2D eigenvalue weighted by Gasteiger charge is 2.27. The lowest BCUT2D eigenvalue weighted by Crippen LogP contribution is -2.40. The Morgan fingerprint density at radius 3 is 2.67 bits per heavy atom. The molecule has 0 unspecified atom stereocenters. The Balaban J connectivity index is 1.52. The Morgan fingerprint density at radius 2 is 1.91 bits per heavy atom. The van der Waals surface area contributed by atoms with Crippen LogP contribution in [0.15, 0.2) is 53.0 Å². The van der Waals surface area contributed by atoms with Crippen LogP contribution in [-0.2, 0) is 9.53 Å². The van der Waals surface area contributed by atoms with E-state index in [0.717, 1.165) is 5.56 Å². The molecule has 8 nitrogen and oxygen atoms in total. The molecule has 8 heteroatoms. The lowest BCUT2D eigenvalue weighted by Gasteiger charge is -2.26. The first kappa shape index (κ1) is 22.4. The van der Waals surface area contributed by atoms with Gasteiger partial charge in [-0.15, -0.1) is 0 Å². The number of fused-ring (bicyclic) bond motifs is 1. The van der Waals surface area contributed by atoms with Gasteiger partial charge in [-0.2, -0.15) is 0 Å². The van der Waals surface area contributed by atoms with E-state index in [-0.39, 0.29) is 18.3 Å². The van der Waals surface area contributed by atoms with Gasteiger partial charge in [-0.05, 0) is 36.8 Å². The number of para-hydroxylation sites is 1. The highest BCUT2D eigenvalue weighted by atomic mass is 16.5. The second kappa shape index (κ2) is 10.2. The maximum absolute atomic E-state index is 13.1. The van der Waals surface area contributed by atoms with Crippen molar-refractivity contribution in [3.63, 3.8) is 0 Å². The van der Waals surface area contributed by atoms with Crippen LogP contribution in [0.4, 0.5) is 5.69 Å². The third-order valence-electron chi connectivity index (χ3n) is 5.26. The average Bonchev–Trinajstić information content (AvgIpc) is 3.21.